The van der Waals surface area contributed by atoms with E-state index in [2.05, 4.69) is 53.6 Å². The average Bonchev–Trinajstić information content (AvgIpc) is 3.33. The molecule has 1 aliphatic carbocycles. The summed E-state index contributed by atoms with van der Waals surface area (Å²) in [5.74, 6) is 0.115. The van der Waals surface area contributed by atoms with Crippen LogP contribution in [0.3, 0.4) is 0 Å². The van der Waals surface area contributed by atoms with Gasteiger partial charge in [0, 0.05) is 13.1 Å². The van der Waals surface area contributed by atoms with Crippen molar-refractivity contribution in [1.82, 2.24) is 26.5 Å². The molecule has 4 N–H and O–H groups in total. The largest absolute Gasteiger partial charge is 0.348 e. The highest BCUT2D eigenvalue weighted by Gasteiger charge is 2.34. The molecule has 2 fully saturated rings. The van der Waals surface area contributed by atoms with E-state index in [0.29, 0.717) is 6.04 Å². The Morgan fingerprint density at radius 3 is 2.96 bits per heavy atom. The Balaban J connectivity index is 1.43. The quantitative estimate of drug-likeness (QED) is 0.648. The van der Waals surface area contributed by atoms with E-state index in [1.807, 2.05) is 12.1 Å². The molecule has 1 aromatic carbocycles. The number of benzene rings is 1. The zero-order valence-electron chi connectivity index (χ0n) is 15.7. The molecule has 0 aromatic heterocycles. The summed E-state index contributed by atoms with van der Waals surface area (Å²) in [6, 6.07) is 6.88. The summed E-state index contributed by atoms with van der Waals surface area (Å²) in [6.07, 6.45) is 3.81. The summed E-state index contributed by atoms with van der Waals surface area (Å²) < 4.78 is 0. The van der Waals surface area contributed by atoms with Crippen LogP contribution in [0.25, 0.3) is 0 Å². The van der Waals surface area contributed by atoms with Crippen molar-refractivity contribution in [2.45, 2.75) is 70.0 Å². The third-order valence-electron chi connectivity index (χ3n) is 5.72. The van der Waals surface area contributed by atoms with E-state index in [9.17, 15) is 4.79 Å². The molecule has 7 nitrogen and oxygen atoms in total. The van der Waals surface area contributed by atoms with Crippen LogP contribution in [0.5, 0.6) is 0 Å². The van der Waals surface area contributed by atoms with Gasteiger partial charge in [-0.15, -0.1) is 0 Å². The fourth-order valence-electron chi connectivity index (χ4n) is 4.27. The molecule has 5 atom stereocenters. The van der Waals surface area contributed by atoms with E-state index in [1.165, 1.54) is 16.7 Å². The molecule has 0 saturated carbocycles. The minimum absolute atomic E-state index is 0.0265. The lowest BCUT2D eigenvalue weighted by Crippen LogP contribution is -2.45. The number of hydroxylamine groups is 1. The number of nitrogens with one attached hydrogen (secondary N) is 4. The van der Waals surface area contributed by atoms with Gasteiger partial charge in [-0.25, -0.2) is 5.01 Å². The summed E-state index contributed by atoms with van der Waals surface area (Å²) >= 11 is 0. The summed E-state index contributed by atoms with van der Waals surface area (Å²) in [4.78, 5) is 18.2. The van der Waals surface area contributed by atoms with E-state index in [-0.39, 0.29) is 30.4 Å². The molecule has 1 aromatic rings. The Morgan fingerprint density at radius 1 is 1.42 bits per heavy atom. The predicted molar refractivity (Wildman–Crippen MR) is 98.6 cm³/mol. The number of rotatable bonds is 4. The first-order chi connectivity index (χ1) is 12.5. The Labute approximate surface area is 154 Å². The highest BCUT2D eigenvalue weighted by Crippen LogP contribution is 2.33. The van der Waals surface area contributed by atoms with Crippen LogP contribution < -0.4 is 21.5 Å². The lowest BCUT2D eigenvalue weighted by molar-refractivity contribution is -0.126. The molecular formula is C19H29N5O2. The maximum absolute atomic E-state index is 12.7. The second-order valence-corrected chi connectivity index (χ2v) is 7.68. The lowest BCUT2D eigenvalue weighted by atomic mass is 10.0. The fourth-order valence-corrected chi connectivity index (χ4v) is 4.27. The van der Waals surface area contributed by atoms with Crippen LogP contribution in [0.2, 0.25) is 0 Å². The van der Waals surface area contributed by atoms with Crippen molar-refractivity contribution in [3.8, 4) is 0 Å². The lowest BCUT2D eigenvalue weighted by Gasteiger charge is -2.22. The Morgan fingerprint density at radius 2 is 2.27 bits per heavy atom. The first-order valence-electron chi connectivity index (χ1n) is 9.64. The van der Waals surface area contributed by atoms with Gasteiger partial charge < -0.3 is 5.32 Å². The van der Waals surface area contributed by atoms with Crippen LogP contribution >= 0.6 is 0 Å². The molecule has 2 saturated heterocycles. The summed E-state index contributed by atoms with van der Waals surface area (Å²) in [7, 11) is 1.94. The highest BCUT2D eigenvalue weighted by molar-refractivity contribution is 5.82. The maximum Gasteiger partial charge on any atom is 0.239 e. The normalized spacial score (nSPS) is 34.2. The number of nitrogens with zero attached hydrogens (tertiary/aromatic N) is 1. The maximum atomic E-state index is 12.7. The number of fused-ring (bicyclic) bond motifs is 1. The molecule has 0 radical (unpaired) electrons. The zero-order valence-corrected chi connectivity index (χ0v) is 15.7. The number of amides is 1. The van der Waals surface area contributed by atoms with Gasteiger partial charge in [0.05, 0.1) is 6.04 Å². The third-order valence-corrected chi connectivity index (χ3v) is 5.72. The van der Waals surface area contributed by atoms with Gasteiger partial charge in [0.2, 0.25) is 5.91 Å². The van der Waals surface area contributed by atoms with Crippen molar-refractivity contribution < 1.29 is 9.63 Å². The van der Waals surface area contributed by atoms with Crippen molar-refractivity contribution in [2.75, 3.05) is 7.05 Å². The molecule has 2 aliphatic heterocycles. The molecule has 3 aliphatic rings. The van der Waals surface area contributed by atoms with E-state index >= 15 is 0 Å². The van der Waals surface area contributed by atoms with E-state index in [0.717, 1.165) is 25.7 Å². The molecule has 142 valence electrons. The van der Waals surface area contributed by atoms with Crippen molar-refractivity contribution in [3.05, 3.63) is 34.9 Å². The zero-order chi connectivity index (χ0) is 18.3. The number of aryl methyl sites for hydroxylation is 1. The fraction of sp³-hybridized carbons (Fsp3) is 0.632. The number of carbonyl (C=O) groups excluding carboxylic acids is 1. The summed E-state index contributed by atoms with van der Waals surface area (Å²) in [6.45, 7) is 4.20. The van der Waals surface area contributed by atoms with Crippen molar-refractivity contribution in [3.63, 3.8) is 0 Å². The smallest absolute Gasteiger partial charge is 0.239 e. The number of carbonyl (C=O) groups is 1. The third kappa shape index (κ3) is 3.37. The van der Waals surface area contributed by atoms with E-state index in [4.69, 9.17) is 4.84 Å². The van der Waals surface area contributed by atoms with Gasteiger partial charge in [0.1, 0.15) is 18.4 Å². The summed E-state index contributed by atoms with van der Waals surface area (Å²) in [5, 5.41) is 8.61. The number of likely N-dealkylation sites (N-methyl/N-ethyl adjacent to an activating group) is 1. The summed E-state index contributed by atoms with van der Waals surface area (Å²) in [5.41, 5.74) is 10.1. The SMILES string of the molecule is CCC1NC(c2ccc3c(c2)CC[C@H]3NC(=O)C2CC(C)NN2C)NO1. The van der Waals surface area contributed by atoms with Gasteiger partial charge in [-0.3, -0.25) is 20.4 Å². The van der Waals surface area contributed by atoms with Crippen LogP contribution in [0.1, 0.15) is 62.0 Å². The van der Waals surface area contributed by atoms with Crippen LogP contribution in [0, 0.1) is 0 Å². The molecule has 4 unspecified atom stereocenters. The monoisotopic (exact) mass is 359 g/mol. The Bertz CT molecular complexity index is 682. The minimum Gasteiger partial charge on any atom is -0.348 e. The van der Waals surface area contributed by atoms with Crippen molar-refractivity contribution in [1.29, 1.82) is 0 Å². The van der Waals surface area contributed by atoms with E-state index in [1.54, 1.807) is 0 Å². The molecule has 26 heavy (non-hydrogen) atoms. The number of hydrogen-bond acceptors (Lipinski definition) is 6. The standard InChI is InChI=1S/C19H29N5O2/c1-4-17-21-18(23-26-17)13-5-7-14-12(10-13)6-8-15(14)20-19(25)16-9-11(2)22-24(16)3/h5,7,10-11,15-18,21-23H,4,6,8-9H2,1-3H3,(H,20,25)/t11?,15-,16?,17?,18?/m1/s1. The first kappa shape index (κ1) is 17.9. The second kappa shape index (κ2) is 7.25. The molecule has 4 rings (SSSR count). The van der Waals surface area contributed by atoms with Crippen LogP contribution in [-0.2, 0) is 16.1 Å². The molecular weight excluding hydrogens is 330 g/mol. The van der Waals surface area contributed by atoms with Gasteiger partial charge >= 0.3 is 0 Å². The average molecular weight is 359 g/mol. The Kier molecular flexibility index (Phi) is 4.98. The predicted octanol–water partition coefficient (Wildman–Crippen LogP) is 1.25. The molecule has 0 bridgehead atoms. The molecule has 2 heterocycles. The van der Waals surface area contributed by atoms with Gasteiger partial charge in [-0.2, -0.15) is 5.48 Å². The van der Waals surface area contributed by atoms with Crippen molar-refractivity contribution in [2.24, 2.45) is 0 Å². The van der Waals surface area contributed by atoms with Crippen LogP contribution in [-0.4, -0.2) is 36.3 Å². The Hall–Kier alpha value is -1.51. The number of hydrazine groups is 1. The van der Waals surface area contributed by atoms with E-state index < -0.39 is 0 Å². The van der Waals surface area contributed by atoms with Crippen molar-refractivity contribution >= 4 is 5.91 Å². The number of hydrogen-bond donors (Lipinski definition) is 4. The highest BCUT2D eigenvalue weighted by atomic mass is 16.7. The molecule has 0 spiro atoms. The molecule has 1 amide bonds. The molecule has 7 heteroatoms. The minimum atomic E-state index is -0.0941. The second-order valence-electron chi connectivity index (χ2n) is 7.68. The van der Waals surface area contributed by atoms with Gasteiger partial charge in [0.25, 0.3) is 0 Å². The van der Waals surface area contributed by atoms with Gasteiger partial charge in [-0.1, -0.05) is 25.1 Å². The first-order valence-corrected chi connectivity index (χ1v) is 9.64. The van der Waals surface area contributed by atoms with Crippen LogP contribution in [0.15, 0.2) is 18.2 Å². The van der Waals surface area contributed by atoms with Gasteiger partial charge in [0.15, 0.2) is 0 Å². The van der Waals surface area contributed by atoms with Crippen LogP contribution in [0.4, 0.5) is 0 Å². The topological polar surface area (TPSA) is 77.7 Å². The van der Waals surface area contributed by atoms with Gasteiger partial charge in [-0.05, 0) is 49.3 Å².